The monoisotopic (exact) mass is 424 g/mol. The third-order valence-electron chi connectivity index (χ3n) is 2.41. The topological polar surface area (TPSA) is 50.3 Å². The molecular formula is C11H10Br2N2O2S2. The van der Waals surface area contributed by atoms with Gasteiger partial charge in [-0.25, -0.2) is 8.42 Å². The summed E-state index contributed by atoms with van der Waals surface area (Å²) in [6.45, 7) is 0.330. The van der Waals surface area contributed by atoms with Gasteiger partial charge in [0.15, 0.2) is 0 Å². The average Bonchev–Trinajstić information content (AvgIpc) is 2.74. The SMILES string of the molecule is CN(Cc1csc(Br)c1)S(=O)(=O)c1cncc(Br)c1. The van der Waals surface area contributed by atoms with E-state index in [0.717, 1.165) is 9.35 Å². The molecule has 0 saturated carbocycles. The van der Waals surface area contributed by atoms with Gasteiger partial charge in [0.1, 0.15) is 4.90 Å². The summed E-state index contributed by atoms with van der Waals surface area (Å²) in [7, 11) is -1.96. The Morgan fingerprint density at radius 2 is 2.05 bits per heavy atom. The van der Waals surface area contributed by atoms with Crippen molar-refractivity contribution < 1.29 is 8.42 Å². The first-order valence-corrected chi connectivity index (χ1v) is 9.10. The number of sulfonamides is 1. The van der Waals surface area contributed by atoms with Crippen LogP contribution in [0.15, 0.2) is 43.1 Å². The van der Waals surface area contributed by atoms with E-state index >= 15 is 0 Å². The second kappa shape index (κ2) is 6.01. The van der Waals surface area contributed by atoms with Crippen molar-refractivity contribution in [3.05, 3.63) is 43.7 Å². The van der Waals surface area contributed by atoms with Crippen LogP contribution in [0.4, 0.5) is 0 Å². The fraction of sp³-hybridized carbons (Fsp3) is 0.182. The van der Waals surface area contributed by atoms with Crippen LogP contribution in [-0.2, 0) is 16.6 Å². The Bertz CT molecular complexity index is 686. The van der Waals surface area contributed by atoms with Crippen molar-refractivity contribution in [2.75, 3.05) is 7.05 Å². The number of aromatic nitrogens is 1. The lowest BCUT2D eigenvalue weighted by atomic mass is 10.3. The molecule has 0 amide bonds. The number of halogens is 2. The standard InChI is InChI=1S/C11H10Br2N2O2S2/c1-15(6-8-2-11(13)18-7-8)19(16,17)10-3-9(12)4-14-5-10/h2-5,7H,6H2,1H3. The molecule has 2 heterocycles. The first-order valence-electron chi connectivity index (χ1n) is 5.19. The van der Waals surface area contributed by atoms with Gasteiger partial charge in [-0.2, -0.15) is 4.31 Å². The van der Waals surface area contributed by atoms with E-state index in [0.29, 0.717) is 11.0 Å². The van der Waals surface area contributed by atoms with E-state index in [9.17, 15) is 8.42 Å². The van der Waals surface area contributed by atoms with Gasteiger partial charge in [0.05, 0.1) is 3.79 Å². The molecule has 0 spiro atoms. The first-order chi connectivity index (χ1) is 8.89. The van der Waals surface area contributed by atoms with Crippen molar-refractivity contribution in [1.82, 2.24) is 9.29 Å². The van der Waals surface area contributed by atoms with Crippen molar-refractivity contribution in [3.8, 4) is 0 Å². The summed E-state index contributed by atoms with van der Waals surface area (Å²) in [5.41, 5.74) is 0.950. The largest absolute Gasteiger partial charge is 0.262 e. The number of rotatable bonds is 4. The minimum absolute atomic E-state index is 0.179. The lowest BCUT2D eigenvalue weighted by Gasteiger charge is -2.16. The smallest absolute Gasteiger partial charge is 0.244 e. The zero-order valence-electron chi connectivity index (χ0n) is 9.88. The van der Waals surface area contributed by atoms with E-state index in [1.165, 1.54) is 21.8 Å². The number of thiophene rings is 1. The van der Waals surface area contributed by atoms with E-state index < -0.39 is 10.0 Å². The lowest BCUT2D eigenvalue weighted by Crippen LogP contribution is -2.26. The number of hydrogen-bond acceptors (Lipinski definition) is 4. The van der Waals surface area contributed by atoms with Crippen molar-refractivity contribution in [1.29, 1.82) is 0 Å². The summed E-state index contributed by atoms with van der Waals surface area (Å²) in [6, 6.07) is 3.46. The molecule has 2 rings (SSSR count). The molecule has 0 aliphatic carbocycles. The van der Waals surface area contributed by atoms with Crippen LogP contribution in [0.5, 0.6) is 0 Å². The molecule has 0 aliphatic rings. The van der Waals surface area contributed by atoms with Crippen molar-refractivity contribution in [2.24, 2.45) is 0 Å². The van der Waals surface area contributed by atoms with Crippen molar-refractivity contribution >= 4 is 53.2 Å². The third-order valence-corrected chi connectivity index (χ3v) is 6.17. The highest BCUT2D eigenvalue weighted by Crippen LogP contribution is 2.24. The van der Waals surface area contributed by atoms with Gasteiger partial charge >= 0.3 is 0 Å². The van der Waals surface area contributed by atoms with Gasteiger partial charge in [-0.15, -0.1) is 11.3 Å². The van der Waals surface area contributed by atoms with Gasteiger partial charge in [0.2, 0.25) is 10.0 Å². The zero-order chi connectivity index (χ0) is 14.0. The maximum atomic E-state index is 12.4. The van der Waals surface area contributed by atoms with Gasteiger partial charge in [0, 0.05) is 30.5 Å². The van der Waals surface area contributed by atoms with Crippen LogP contribution in [0.3, 0.4) is 0 Å². The summed E-state index contributed by atoms with van der Waals surface area (Å²) in [4.78, 5) is 4.07. The van der Waals surface area contributed by atoms with E-state index in [1.54, 1.807) is 19.3 Å². The molecule has 4 nitrogen and oxygen atoms in total. The van der Waals surface area contributed by atoms with E-state index in [2.05, 4.69) is 36.8 Å². The highest BCUT2D eigenvalue weighted by Gasteiger charge is 2.21. The molecule has 0 unspecified atom stereocenters. The highest BCUT2D eigenvalue weighted by molar-refractivity contribution is 9.11. The Balaban J connectivity index is 2.24. The Morgan fingerprint density at radius 1 is 1.32 bits per heavy atom. The van der Waals surface area contributed by atoms with Gasteiger partial charge in [-0.1, -0.05) is 0 Å². The lowest BCUT2D eigenvalue weighted by molar-refractivity contribution is 0.467. The first kappa shape index (κ1) is 15.1. The molecule has 0 fully saturated rings. The highest BCUT2D eigenvalue weighted by atomic mass is 79.9. The second-order valence-electron chi connectivity index (χ2n) is 3.86. The Kier molecular flexibility index (Phi) is 4.78. The van der Waals surface area contributed by atoms with Crippen molar-refractivity contribution in [2.45, 2.75) is 11.4 Å². The number of nitrogens with zero attached hydrogens (tertiary/aromatic N) is 2. The van der Waals surface area contributed by atoms with Crippen LogP contribution >= 0.6 is 43.2 Å². The fourth-order valence-corrected chi connectivity index (χ4v) is 4.35. The molecule has 0 radical (unpaired) electrons. The molecule has 8 heteroatoms. The Morgan fingerprint density at radius 3 is 2.63 bits per heavy atom. The average molecular weight is 426 g/mol. The summed E-state index contributed by atoms with van der Waals surface area (Å²) in [5, 5.41) is 1.93. The van der Waals surface area contributed by atoms with Gasteiger partial charge in [-0.05, 0) is 54.9 Å². The van der Waals surface area contributed by atoms with Gasteiger partial charge in [-0.3, -0.25) is 4.98 Å². The maximum absolute atomic E-state index is 12.4. The molecule has 0 bridgehead atoms. The fourth-order valence-electron chi connectivity index (χ4n) is 1.48. The van der Waals surface area contributed by atoms with Crippen LogP contribution in [0.25, 0.3) is 0 Å². The van der Waals surface area contributed by atoms with Crippen LogP contribution in [0.1, 0.15) is 5.56 Å². The molecular weight excluding hydrogens is 416 g/mol. The van der Waals surface area contributed by atoms with Crippen LogP contribution < -0.4 is 0 Å². The predicted octanol–water partition coefficient (Wildman–Crippen LogP) is 3.49. The molecule has 0 atom stereocenters. The molecule has 0 N–H and O–H groups in total. The Hall–Kier alpha value is -0.280. The summed E-state index contributed by atoms with van der Waals surface area (Å²) >= 11 is 8.12. The van der Waals surface area contributed by atoms with E-state index in [1.807, 2.05) is 11.4 Å². The van der Waals surface area contributed by atoms with Crippen molar-refractivity contribution in [3.63, 3.8) is 0 Å². The summed E-state index contributed by atoms with van der Waals surface area (Å²) in [6.07, 6.45) is 2.90. The molecule has 102 valence electrons. The molecule has 0 saturated heterocycles. The summed E-state index contributed by atoms with van der Waals surface area (Å²) in [5.74, 6) is 0. The van der Waals surface area contributed by atoms with E-state index in [-0.39, 0.29) is 4.90 Å². The van der Waals surface area contributed by atoms with Crippen LogP contribution in [-0.4, -0.2) is 24.8 Å². The molecule has 19 heavy (non-hydrogen) atoms. The molecule has 2 aromatic heterocycles. The Labute approximate surface area is 132 Å². The third kappa shape index (κ3) is 3.63. The van der Waals surface area contributed by atoms with Gasteiger partial charge < -0.3 is 0 Å². The minimum Gasteiger partial charge on any atom is -0.262 e. The second-order valence-corrected chi connectivity index (χ2v) is 9.11. The van der Waals surface area contributed by atoms with Gasteiger partial charge in [0.25, 0.3) is 0 Å². The van der Waals surface area contributed by atoms with E-state index in [4.69, 9.17) is 0 Å². The predicted molar refractivity (Wildman–Crippen MR) is 82.6 cm³/mol. The maximum Gasteiger partial charge on any atom is 0.244 e. The quantitative estimate of drug-likeness (QED) is 0.753. The normalized spacial score (nSPS) is 12.0. The molecule has 0 aliphatic heterocycles. The minimum atomic E-state index is -3.52. The van der Waals surface area contributed by atoms with Crippen LogP contribution in [0.2, 0.25) is 0 Å². The number of hydrogen-bond donors (Lipinski definition) is 0. The molecule has 0 aromatic carbocycles. The number of pyridine rings is 1. The zero-order valence-corrected chi connectivity index (χ0v) is 14.7. The summed E-state index contributed by atoms with van der Waals surface area (Å²) < 4.78 is 27.6. The van der Waals surface area contributed by atoms with Crippen LogP contribution in [0, 0.1) is 0 Å². The molecule has 2 aromatic rings.